The van der Waals surface area contributed by atoms with Crippen LogP contribution in [-0.2, 0) is 4.74 Å². The summed E-state index contributed by atoms with van der Waals surface area (Å²) in [7, 11) is 1.64. The third-order valence-electron chi connectivity index (χ3n) is 1.91. The average molecular weight is 191 g/mol. The molecule has 2 unspecified atom stereocenters. The van der Waals surface area contributed by atoms with Crippen molar-refractivity contribution >= 4 is 0 Å². The van der Waals surface area contributed by atoms with Crippen molar-refractivity contribution in [2.45, 2.75) is 19.4 Å². The maximum atomic E-state index is 8.79. The summed E-state index contributed by atoms with van der Waals surface area (Å²) in [4.78, 5) is 0. The molecule has 0 spiro atoms. The highest BCUT2D eigenvalue weighted by molar-refractivity contribution is 4.67. The highest BCUT2D eigenvalue weighted by Gasteiger charge is 2.08. The Morgan fingerprint density at radius 3 is 2.54 bits per heavy atom. The smallest absolute Gasteiger partial charge is 0.0616 e. The van der Waals surface area contributed by atoms with Gasteiger partial charge >= 0.3 is 0 Å². The van der Waals surface area contributed by atoms with Crippen molar-refractivity contribution in [3.63, 3.8) is 0 Å². The van der Waals surface area contributed by atoms with Gasteiger partial charge in [0, 0.05) is 32.9 Å². The quantitative estimate of drug-likeness (QED) is 0.488. The topological polar surface area (TPSA) is 61.7 Å². The van der Waals surface area contributed by atoms with Crippen LogP contribution in [0.3, 0.4) is 0 Å². The Balaban J connectivity index is 3.55. The fourth-order valence-corrected chi connectivity index (χ4v) is 1.03. The molecule has 0 heterocycles. The van der Waals surface area contributed by atoms with Crippen molar-refractivity contribution in [2.24, 2.45) is 5.92 Å². The van der Waals surface area contributed by atoms with Crippen molar-refractivity contribution in [2.75, 3.05) is 33.5 Å². The molecular formula is C9H21NO3. The minimum atomic E-state index is 0.161. The van der Waals surface area contributed by atoms with Gasteiger partial charge in [-0.25, -0.2) is 0 Å². The summed E-state index contributed by atoms with van der Waals surface area (Å²) in [5.74, 6) is 0.248. The lowest BCUT2D eigenvalue weighted by atomic mass is 10.1. The van der Waals surface area contributed by atoms with E-state index in [1.165, 1.54) is 0 Å². The molecule has 0 aromatic heterocycles. The third kappa shape index (κ3) is 6.95. The largest absolute Gasteiger partial charge is 0.396 e. The van der Waals surface area contributed by atoms with Crippen molar-refractivity contribution in [3.8, 4) is 0 Å². The molecule has 0 aliphatic rings. The van der Waals surface area contributed by atoms with Crippen LogP contribution in [0.15, 0.2) is 0 Å². The summed E-state index contributed by atoms with van der Waals surface area (Å²) in [5.41, 5.74) is 0. The van der Waals surface area contributed by atoms with Gasteiger partial charge in [-0.05, 0) is 12.3 Å². The fourth-order valence-electron chi connectivity index (χ4n) is 1.03. The highest BCUT2D eigenvalue weighted by atomic mass is 16.5. The van der Waals surface area contributed by atoms with E-state index in [0.717, 1.165) is 6.54 Å². The predicted molar refractivity (Wildman–Crippen MR) is 51.6 cm³/mol. The van der Waals surface area contributed by atoms with Crippen molar-refractivity contribution in [3.05, 3.63) is 0 Å². The molecule has 0 aromatic carbocycles. The maximum Gasteiger partial charge on any atom is 0.0616 e. The van der Waals surface area contributed by atoms with Gasteiger partial charge in [-0.15, -0.1) is 0 Å². The standard InChI is InChI=1S/C9H21NO3/c1-8(6-12)5-10-9(3-4-11)7-13-2/h8-12H,3-7H2,1-2H3. The van der Waals surface area contributed by atoms with E-state index < -0.39 is 0 Å². The van der Waals surface area contributed by atoms with Gasteiger partial charge in [0.1, 0.15) is 0 Å². The number of aliphatic hydroxyl groups is 2. The first-order valence-corrected chi connectivity index (χ1v) is 4.68. The first-order chi connectivity index (χ1) is 6.24. The van der Waals surface area contributed by atoms with Crippen LogP contribution < -0.4 is 5.32 Å². The predicted octanol–water partition coefficient (Wildman–Crippen LogP) is -0.398. The zero-order chi connectivity index (χ0) is 10.1. The average Bonchev–Trinajstić information content (AvgIpc) is 2.14. The van der Waals surface area contributed by atoms with Gasteiger partial charge in [0.2, 0.25) is 0 Å². The summed E-state index contributed by atoms with van der Waals surface area (Å²) in [6.07, 6.45) is 0.686. The number of rotatable bonds is 8. The zero-order valence-electron chi connectivity index (χ0n) is 8.49. The normalized spacial score (nSPS) is 15.7. The Kier molecular flexibility index (Phi) is 8.33. The number of hydrogen-bond donors (Lipinski definition) is 3. The van der Waals surface area contributed by atoms with E-state index in [4.69, 9.17) is 14.9 Å². The minimum absolute atomic E-state index is 0.161. The fraction of sp³-hybridized carbons (Fsp3) is 1.00. The second-order valence-corrected chi connectivity index (χ2v) is 3.36. The summed E-state index contributed by atoms with van der Waals surface area (Å²) < 4.78 is 4.99. The molecule has 0 bridgehead atoms. The molecule has 4 nitrogen and oxygen atoms in total. The van der Waals surface area contributed by atoms with E-state index in [0.29, 0.717) is 13.0 Å². The molecule has 0 aromatic rings. The zero-order valence-corrected chi connectivity index (χ0v) is 8.49. The van der Waals surface area contributed by atoms with Gasteiger partial charge < -0.3 is 20.3 Å². The van der Waals surface area contributed by atoms with Crippen LogP contribution >= 0.6 is 0 Å². The summed E-state index contributed by atoms with van der Waals surface area (Å²) in [6, 6.07) is 0.184. The second kappa shape index (κ2) is 8.44. The third-order valence-corrected chi connectivity index (χ3v) is 1.91. The first-order valence-electron chi connectivity index (χ1n) is 4.68. The number of methoxy groups -OCH3 is 1. The first kappa shape index (κ1) is 12.8. The van der Waals surface area contributed by atoms with Gasteiger partial charge in [0.25, 0.3) is 0 Å². The van der Waals surface area contributed by atoms with Gasteiger partial charge in [0.05, 0.1) is 6.61 Å². The van der Waals surface area contributed by atoms with Crippen molar-refractivity contribution in [1.29, 1.82) is 0 Å². The van der Waals surface area contributed by atoms with Gasteiger partial charge in [-0.2, -0.15) is 0 Å². The van der Waals surface area contributed by atoms with E-state index in [1.54, 1.807) is 7.11 Å². The van der Waals surface area contributed by atoms with E-state index in [1.807, 2.05) is 6.92 Å². The van der Waals surface area contributed by atoms with Gasteiger partial charge in [-0.1, -0.05) is 6.92 Å². The van der Waals surface area contributed by atoms with Crippen molar-refractivity contribution in [1.82, 2.24) is 5.32 Å². The Hall–Kier alpha value is -0.160. The molecule has 0 fully saturated rings. The molecule has 0 saturated heterocycles. The summed E-state index contributed by atoms with van der Waals surface area (Å²) in [6.45, 7) is 3.67. The molecule has 0 aliphatic carbocycles. The molecule has 0 amide bonds. The minimum Gasteiger partial charge on any atom is -0.396 e. The Morgan fingerprint density at radius 1 is 1.38 bits per heavy atom. The highest BCUT2D eigenvalue weighted by Crippen LogP contribution is 1.95. The van der Waals surface area contributed by atoms with Crippen LogP contribution in [-0.4, -0.2) is 49.7 Å². The van der Waals surface area contributed by atoms with Crippen LogP contribution in [0.2, 0.25) is 0 Å². The Labute approximate surface area is 79.9 Å². The Morgan fingerprint density at radius 2 is 2.08 bits per heavy atom. The lowest BCUT2D eigenvalue weighted by Crippen LogP contribution is -2.37. The molecule has 4 heteroatoms. The van der Waals surface area contributed by atoms with Crippen LogP contribution in [0.1, 0.15) is 13.3 Å². The lowest BCUT2D eigenvalue weighted by molar-refractivity contribution is 0.142. The van der Waals surface area contributed by atoms with Crippen LogP contribution in [0, 0.1) is 5.92 Å². The summed E-state index contributed by atoms with van der Waals surface area (Å²) in [5, 5.41) is 20.8. The molecule has 13 heavy (non-hydrogen) atoms. The van der Waals surface area contributed by atoms with E-state index >= 15 is 0 Å². The van der Waals surface area contributed by atoms with Gasteiger partial charge in [-0.3, -0.25) is 0 Å². The maximum absolute atomic E-state index is 8.79. The van der Waals surface area contributed by atoms with E-state index in [2.05, 4.69) is 5.32 Å². The molecule has 2 atom stereocenters. The molecule has 0 saturated carbocycles. The molecule has 80 valence electrons. The Bertz CT molecular complexity index is 105. The second-order valence-electron chi connectivity index (χ2n) is 3.36. The molecule has 0 rings (SSSR count). The molecular weight excluding hydrogens is 170 g/mol. The lowest BCUT2D eigenvalue weighted by Gasteiger charge is -2.18. The number of nitrogens with one attached hydrogen (secondary N) is 1. The molecule has 3 N–H and O–H groups in total. The molecule has 0 aliphatic heterocycles. The SMILES string of the molecule is COCC(CCO)NCC(C)CO. The monoisotopic (exact) mass is 191 g/mol. The van der Waals surface area contributed by atoms with E-state index in [-0.39, 0.29) is 25.2 Å². The number of ether oxygens (including phenoxy) is 1. The summed E-state index contributed by atoms with van der Waals surface area (Å²) >= 11 is 0. The van der Waals surface area contributed by atoms with Crippen LogP contribution in [0.5, 0.6) is 0 Å². The molecule has 0 radical (unpaired) electrons. The van der Waals surface area contributed by atoms with Crippen LogP contribution in [0.4, 0.5) is 0 Å². The van der Waals surface area contributed by atoms with Crippen molar-refractivity contribution < 1.29 is 14.9 Å². The van der Waals surface area contributed by atoms with Crippen LogP contribution in [0.25, 0.3) is 0 Å². The van der Waals surface area contributed by atoms with E-state index in [9.17, 15) is 0 Å². The van der Waals surface area contributed by atoms with Gasteiger partial charge in [0.15, 0.2) is 0 Å². The number of aliphatic hydroxyl groups excluding tert-OH is 2. The number of hydrogen-bond acceptors (Lipinski definition) is 4.